The van der Waals surface area contributed by atoms with E-state index in [1.807, 2.05) is 53.2 Å². The van der Waals surface area contributed by atoms with Crippen LogP contribution in [0.1, 0.15) is 48.0 Å². The molecule has 1 aromatic heterocycles. The second kappa shape index (κ2) is 13.0. The van der Waals surface area contributed by atoms with Crippen LogP contribution in [-0.2, 0) is 16.6 Å². The molecule has 0 unspecified atom stereocenters. The van der Waals surface area contributed by atoms with Crippen molar-refractivity contribution < 1.29 is 8.42 Å². The Kier molecular flexibility index (Phi) is 9.26. The van der Waals surface area contributed by atoms with Gasteiger partial charge >= 0.3 is 0 Å². The van der Waals surface area contributed by atoms with E-state index in [1.165, 1.54) is 9.87 Å². The minimum atomic E-state index is -3.59. The fourth-order valence-electron chi connectivity index (χ4n) is 5.43. The molecule has 210 valence electrons. The van der Waals surface area contributed by atoms with Gasteiger partial charge in [-0.1, -0.05) is 72.3 Å². The number of likely N-dealkylation sites (N-methyl/N-ethyl adjacent to an activating group) is 1. The van der Waals surface area contributed by atoms with Gasteiger partial charge in [0.25, 0.3) is 0 Å². The molecule has 1 saturated heterocycles. The summed E-state index contributed by atoms with van der Waals surface area (Å²) in [4.78, 5) is 2.77. The SMILES string of the molecule is CN(C[C@@H](CCN1CCC(c2nnnn2Cc2ccccc2)CC1)c1cccc(Cl)c1)S(=O)(=O)c1ccccc1. The number of hydrogen-bond acceptors (Lipinski definition) is 6. The summed E-state index contributed by atoms with van der Waals surface area (Å²) >= 11 is 6.33. The van der Waals surface area contributed by atoms with Crippen molar-refractivity contribution in [2.24, 2.45) is 0 Å². The van der Waals surface area contributed by atoms with Gasteiger partial charge in [-0.05, 0) is 90.6 Å². The molecule has 1 aliphatic heterocycles. The van der Waals surface area contributed by atoms with E-state index < -0.39 is 10.0 Å². The van der Waals surface area contributed by atoms with Crippen LogP contribution < -0.4 is 0 Å². The van der Waals surface area contributed by atoms with Gasteiger partial charge in [-0.2, -0.15) is 0 Å². The first-order valence-corrected chi connectivity index (χ1v) is 15.5. The maximum atomic E-state index is 13.2. The normalized spacial score (nSPS) is 15.9. The number of nitrogens with zero attached hydrogens (tertiary/aromatic N) is 6. The number of aromatic nitrogens is 4. The molecule has 0 saturated carbocycles. The Hall–Kier alpha value is -3.11. The van der Waals surface area contributed by atoms with Crippen molar-refractivity contribution in [3.05, 3.63) is 107 Å². The lowest BCUT2D eigenvalue weighted by Crippen LogP contribution is -2.36. The number of halogens is 1. The number of piperidine rings is 1. The van der Waals surface area contributed by atoms with Crippen molar-refractivity contribution in [2.45, 2.75) is 42.5 Å². The fraction of sp³-hybridized carbons (Fsp3) is 0.367. The molecular formula is C30H35ClN6O2S. The van der Waals surface area contributed by atoms with Crippen molar-refractivity contribution in [1.29, 1.82) is 0 Å². The molecule has 10 heteroatoms. The summed E-state index contributed by atoms with van der Waals surface area (Å²) < 4.78 is 29.9. The number of likely N-dealkylation sites (tertiary alicyclic amines) is 1. The van der Waals surface area contributed by atoms with Crippen molar-refractivity contribution in [3.63, 3.8) is 0 Å². The summed E-state index contributed by atoms with van der Waals surface area (Å²) in [6, 6.07) is 26.6. The second-order valence-corrected chi connectivity index (χ2v) is 12.9. The van der Waals surface area contributed by atoms with Crippen molar-refractivity contribution in [3.8, 4) is 0 Å². The molecule has 0 amide bonds. The zero-order valence-corrected chi connectivity index (χ0v) is 24.3. The first-order chi connectivity index (χ1) is 19.4. The van der Waals surface area contributed by atoms with E-state index in [2.05, 4.69) is 32.6 Å². The molecule has 1 fully saturated rings. The number of tetrazole rings is 1. The summed E-state index contributed by atoms with van der Waals surface area (Å²) in [7, 11) is -1.93. The molecule has 3 aromatic carbocycles. The van der Waals surface area contributed by atoms with Gasteiger partial charge in [-0.3, -0.25) is 0 Å². The van der Waals surface area contributed by atoms with Crippen molar-refractivity contribution in [2.75, 3.05) is 33.2 Å². The molecular weight excluding hydrogens is 544 g/mol. The van der Waals surface area contributed by atoms with E-state index in [0.29, 0.717) is 28.9 Å². The summed E-state index contributed by atoms with van der Waals surface area (Å²) in [5.41, 5.74) is 2.23. The van der Waals surface area contributed by atoms with Gasteiger partial charge < -0.3 is 4.90 Å². The highest BCUT2D eigenvalue weighted by Gasteiger charge is 2.28. The Labute approximate surface area is 241 Å². The van der Waals surface area contributed by atoms with Gasteiger partial charge in [0.2, 0.25) is 10.0 Å². The third-order valence-corrected chi connectivity index (χ3v) is 9.80. The highest BCUT2D eigenvalue weighted by molar-refractivity contribution is 7.89. The zero-order chi connectivity index (χ0) is 28.0. The molecule has 5 rings (SSSR count). The third-order valence-electron chi connectivity index (χ3n) is 7.73. The van der Waals surface area contributed by atoms with Crippen molar-refractivity contribution in [1.82, 2.24) is 29.4 Å². The molecule has 0 aliphatic carbocycles. The average molecular weight is 579 g/mol. The molecule has 0 N–H and O–H groups in total. The van der Waals surface area contributed by atoms with Crippen molar-refractivity contribution >= 4 is 21.6 Å². The van der Waals surface area contributed by atoms with Crippen LogP contribution >= 0.6 is 11.6 Å². The molecule has 8 nitrogen and oxygen atoms in total. The van der Waals surface area contributed by atoms with Crippen LogP contribution in [0.2, 0.25) is 5.02 Å². The molecule has 0 spiro atoms. The van der Waals surface area contributed by atoms with Crippen LogP contribution in [0.4, 0.5) is 0 Å². The summed E-state index contributed by atoms with van der Waals surface area (Å²) in [6.45, 7) is 3.82. The van der Waals surface area contributed by atoms with Crippen LogP contribution in [0.5, 0.6) is 0 Å². The number of benzene rings is 3. The molecule has 2 heterocycles. The van der Waals surface area contributed by atoms with E-state index >= 15 is 0 Å². The lowest BCUT2D eigenvalue weighted by atomic mass is 9.93. The molecule has 1 aliphatic rings. The Balaban J connectivity index is 1.21. The maximum Gasteiger partial charge on any atom is 0.242 e. The molecule has 0 radical (unpaired) electrons. The average Bonchev–Trinajstić information content (AvgIpc) is 3.44. The lowest BCUT2D eigenvalue weighted by molar-refractivity contribution is 0.198. The first-order valence-electron chi connectivity index (χ1n) is 13.7. The van der Waals surface area contributed by atoms with Gasteiger partial charge in [0.15, 0.2) is 5.82 Å². The summed E-state index contributed by atoms with van der Waals surface area (Å²) in [5.74, 6) is 1.28. The van der Waals surface area contributed by atoms with E-state index in [-0.39, 0.29) is 5.92 Å². The van der Waals surface area contributed by atoms with Crippen LogP contribution in [0.15, 0.2) is 89.8 Å². The van der Waals surface area contributed by atoms with Crippen LogP contribution in [0.25, 0.3) is 0 Å². The summed E-state index contributed by atoms with van der Waals surface area (Å²) in [6.07, 6.45) is 2.80. The predicted octanol–water partition coefficient (Wildman–Crippen LogP) is 5.05. The van der Waals surface area contributed by atoms with E-state index in [1.54, 1.807) is 31.3 Å². The van der Waals surface area contributed by atoms with Gasteiger partial charge in [0, 0.05) is 24.5 Å². The number of hydrogen-bond donors (Lipinski definition) is 0. The van der Waals surface area contributed by atoms with Crippen LogP contribution in [-0.4, -0.2) is 71.1 Å². The Morgan fingerprint density at radius 2 is 1.68 bits per heavy atom. The molecule has 4 aromatic rings. The minimum absolute atomic E-state index is 0.0121. The Morgan fingerprint density at radius 1 is 0.975 bits per heavy atom. The lowest BCUT2D eigenvalue weighted by Gasteiger charge is -2.33. The quantitative estimate of drug-likeness (QED) is 0.248. The molecule has 0 bridgehead atoms. The number of rotatable bonds is 11. The Bertz CT molecular complexity index is 1470. The highest BCUT2D eigenvalue weighted by atomic mass is 35.5. The minimum Gasteiger partial charge on any atom is -0.303 e. The van der Waals surface area contributed by atoms with E-state index in [9.17, 15) is 8.42 Å². The van der Waals surface area contributed by atoms with E-state index in [4.69, 9.17) is 11.6 Å². The topological polar surface area (TPSA) is 84.2 Å². The van der Waals surface area contributed by atoms with Gasteiger partial charge in [0.1, 0.15) is 0 Å². The monoisotopic (exact) mass is 578 g/mol. The second-order valence-electron chi connectivity index (χ2n) is 10.4. The maximum absolute atomic E-state index is 13.2. The van der Waals surface area contributed by atoms with Gasteiger partial charge in [0.05, 0.1) is 11.4 Å². The third kappa shape index (κ3) is 6.96. The first kappa shape index (κ1) is 28.4. The van der Waals surface area contributed by atoms with Crippen LogP contribution in [0.3, 0.4) is 0 Å². The van der Waals surface area contributed by atoms with Crippen LogP contribution in [0, 0.1) is 0 Å². The summed E-state index contributed by atoms with van der Waals surface area (Å²) in [5, 5.41) is 13.2. The van der Waals surface area contributed by atoms with Gasteiger partial charge in [-0.25, -0.2) is 17.4 Å². The predicted molar refractivity (Wildman–Crippen MR) is 157 cm³/mol. The standard InChI is InChI=1S/C30H35ClN6O2S/c1-35(40(38,39)29-13-6-3-7-14-29)23-27(26-11-8-12-28(31)21-26)17-20-36-18-15-25(16-19-36)30-32-33-34-37(30)22-24-9-4-2-5-10-24/h2-14,21,25,27H,15-20,22-23H2,1H3/t27-/m1/s1. The van der Waals surface area contributed by atoms with Gasteiger partial charge in [-0.15, -0.1) is 5.10 Å². The molecule has 1 atom stereocenters. The Morgan fingerprint density at radius 3 is 2.38 bits per heavy atom. The number of sulfonamides is 1. The molecule has 40 heavy (non-hydrogen) atoms. The largest absolute Gasteiger partial charge is 0.303 e. The zero-order valence-electron chi connectivity index (χ0n) is 22.7. The fourth-order valence-corrected chi connectivity index (χ4v) is 6.87. The highest BCUT2D eigenvalue weighted by Crippen LogP contribution is 2.29. The van der Waals surface area contributed by atoms with E-state index in [0.717, 1.165) is 50.3 Å². The smallest absolute Gasteiger partial charge is 0.242 e.